The number of hydrogen-bond donors (Lipinski definition) is 1. The number of nitrogens with zero attached hydrogens (tertiary/aromatic N) is 1. The lowest BCUT2D eigenvalue weighted by Gasteiger charge is -2.24. The molecule has 1 heterocycles. The minimum atomic E-state index is -0.444. The monoisotopic (exact) mass is 310 g/mol. The van der Waals surface area contributed by atoms with Gasteiger partial charge in [0.2, 0.25) is 0 Å². The van der Waals surface area contributed by atoms with Crippen molar-refractivity contribution in [3.05, 3.63) is 82.4 Å². The number of cyclic esters (lactones) is 1. The van der Waals surface area contributed by atoms with Crippen molar-refractivity contribution in [1.82, 2.24) is 0 Å². The third-order valence-electron chi connectivity index (χ3n) is 3.56. The summed E-state index contributed by atoms with van der Waals surface area (Å²) in [6.45, 7) is 0. The van der Waals surface area contributed by atoms with E-state index in [1.54, 1.807) is 18.2 Å². The number of benzene rings is 2. The molecule has 116 valence electrons. The van der Waals surface area contributed by atoms with Crippen LogP contribution in [-0.2, 0) is 9.53 Å². The Bertz CT molecular complexity index is 741. The van der Waals surface area contributed by atoms with E-state index in [1.165, 1.54) is 18.2 Å². The third kappa shape index (κ3) is 3.37. The van der Waals surface area contributed by atoms with Gasteiger partial charge in [-0.05, 0) is 23.8 Å². The van der Waals surface area contributed by atoms with Gasteiger partial charge in [-0.25, -0.2) is 4.79 Å². The van der Waals surface area contributed by atoms with Crippen LogP contribution in [0.5, 0.6) is 0 Å². The maximum atomic E-state index is 11.3. The van der Waals surface area contributed by atoms with Crippen molar-refractivity contribution >= 4 is 17.3 Å². The molecule has 0 fully saturated rings. The van der Waals surface area contributed by atoms with Gasteiger partial charge in [-0.2, -0.15) is 0 Å². The number of rotatable bonds is 5. The molecule has 0 saturated heterocycles. The van der Waals surface area contributed by atoms with E-state index in [2.05, 4.69) is 5.32 Å². The fraction of sp³-hybridized carbons (Fsp3) is 0.118. The van der Waals surface area contributed by atoms with E-state index in [0.717, 1.165) is 5.56 Å². The van der Waals surface area contributed by atoms with Gasteiger partial charge in [0.25, 0.3) is 5.69 Å². The minimum Gasteiger partial charge on any atom is -0.452 e. The molecular formula is C17H14N2O4. The molecule has 2 atom stereocenters. The highest BCUT2D eigenvalue weighted by molar-refractivity contribution is 5.84. The Morgan fingerprint density at radius 3 is 2.35 bits per heavy atom. The Kier molecular flexibility index (Phi) is 4.05. The molecule has 2 aromatic rings. The molecule has 1 aliphatic heterocycles. The van der Waals surface area contributed by atoms with Gasteiger partial charge in [0, 0.05) is 23.9 Å². The van der Waals surface area contributed by atoms with E-state index in [9.17, 15) is 14.9 Å². The summed E-state index contributed by atoms with van der Waals surface area (Å²) in [5.74, 6) is -0.374. The second-order valence-corrected chi connectivity index (χ2v) is 5.10. The molecule has 23 heavy (non-hydrogen) atoms. The lowest BCUT2D eigenvalue weighted by atomic mass is 10.0. The predicted octanol–water partition coefficient (Wildman–Crippen LogP) is 3.23. The first kappa shape index (κ1) is 14.8. The number of ether oxygens (including phenoxy) is 1. The maximum absolute atomic E-state index is 11.3. The van der Waals surface area contributed by atoms with Crippen LogP contribution < -0.4 is 5.32 Å². The Balaban J connectivity index is 1.85. The summed E-state index contributed by atoms with van der Waals surface area (Å²) in [6.07, 6.45) is 2.68. The molecule has 2 aromatic carbocycles. The van der Waals surface area contributed by atoms with Crippen LogP contribution >= 0.6 is 0 Å². The predicted molar refractivity (Wildman–Crippen MR) is 84.9 cm³/mol. The maximum Gasteiger partial charge on any atom is 0.331 e. The van der Waals surface area contributed by atoms with Crippen molar-refractivity contribution in [1.29, 1.82) is 0 Å². The number of hydrogen-bond acceptors (Lipinski definition) is 5. The molecule has 0 saturated carbocycles. The summed E-state index contributed by atoms with van der Waals surface area (Å²) < 4.78 is 5.29. The Hall–Kier alpha value is -3.15. The van der Waals surface area contributed by atoms with Gasteiger partial charge < -0.3 is 10.1 Å². The van der Waals surface area contributed by atoms with Crippen LogP contribution in [0.2, 0.25) is 0 Å². The van der Waals surface area contributed by atoms with Crippen LogP contribution in [0.3, 0.4) is 0 Å². The van der Waals surface area contributed by atoms with E-state index in [0.29, 0.717) is 5.69 Å². The number of non-ortho nitro benzene ring substituents is 1. The van der Waals surface area contributed by atoms with Gasteiger partial charge in [0.15, 0.2) is 0 Å². The Morgan fingerprint density at radius 2 is 1.78 bits per heavy atom. The largest absolute Gasteiger partial charge is 0.452 e. The van der Waals surface area contributed by atoms with Crippen molar-refractivity contribution in [2.45, 2.75) is 12.1 Å². The third-order valence-corrected chi connectivity index (χ3v) is 3.56. The van der Waals surface area contributed by atoms with Gasteiger partial charge >= 0.3 is 5.97 Å². The van der Waals surface area contributed by atoms with Crippen LogP contribution in [-0.4, -0.2) is 17.0 Å². The molecule has 6 heteroatoms. The van der Waals surface area contributed by atoms with Crippen LogP contribution in [0, 0.1) is 10.1 Å². The van der Waals surface area contributed by atoms with E-state index in [1.807, 2.05) is 30.3 Å². The van der Waals surface area contributed by atoms with Crippen LogP contribution in [0.25, 0.3) is 0 Å². The Morgan fingerprint density at radius 1 is 1.09 bits per heavy atom. The quantitative estimate of drug-likeness (QED) is 0.521. The van der Waals surface area contributed by atoms with Gasteiger partial charge in [-0.1, -0.05) is 30.3 Å². The number of esters is 1. The number of nitro benzene ring substituents is 1. The molecule has 1 N–H and O–H groups in total. The normalized spacial score (nSPS) is 17.6. The number of nitro groups is 1. The summed E-state index contributed by atoms with van der Waals surface area (Å²) in [5.41, 5.74) is 1.69. The summed E-state index contributed by atoms with van der Waals surface area (Å²) in [7, 11) is 0. The number of carbonyl (C=O) groups excluding carboxylic acids is 1. The van der Waals surface area contributed by atoms with Crippen molar-refractivity contribution in [2.24, 2.45) is 0 Å². The van der Waals surface area contributed by atoms with Gasteiger partial charge in [-0.3, -0.25) is 10.1 Å². The molecule has 0 radical (unpaired) electrons. The zero-order valence-corrected chi connectivity index (χ0v) is 12.1. The van der Waals surface area contributed by atoms with E-state index < -0.39 is 11.0 Å². The van der Waals surface area contributed by atoms with Crippen molar-refractivity contribution in [2.75, 3.05) is 5.32 Å². The summed E-state index contributed by atoms with van der Waals surface area (Å²) in [5, 5.41) is 14.0. The fourth-order valence-electron chi connectivity index (χ4n) is 2.44. The average Bonchev–Trinajstić information content (AvgIpc) is 3.00. The SMILES string of the molecule is O=C1C=C[C@@H]([C@H](Nc2ccc([N+](=O)[O-])cc2)c2ccccc2)O1. The number of carbonyl (C=O) groups is 1. The van der Waals surface area contributed by atoms with Gasteiger partial charge in [0.1, 0.15) is 6.10 Å². The molecule has 3 rings (SSSR count). The van der Waals surface area contributed by atoms with Gasteiger partial charge in [-0.15, -0.1) is 0 Å². The summed E-state index contributed by atoms with van der Waals surface area (Å²) in [6, 6.07) is 15.4. The highest BCUT2D eigenvalue weighted by Gasteiger charge is 2.28. The summed E-state index contributed by atoms with van der Waals surface area (Å²) in [4.78, 5) is 21.6. The highest BCUT2D eigenvalue weighted by atomic mass is 16.6. The first-order chi connectivity index (χ1) is 11.1. The van der Waals surface area contributed by atoms with E-state index in [-0.39, 0.29) is 17.7 Å². The molecule has 0 aliphatic carbocycles. The average molecular weight is 310 g/mol. The lowest BCUT2D eigenvalue weighted by molar-refractivity contribution is -0.384. The molecular weight excluding hydrogens is 296 g/mol. The van der Waals surface area contributed by atoms with Crippen LogP contribution in [0.1, 0.15) is 11.6 Å². The van der Waals surface area contributed by atoms with Crippen LogP contribution in [0.4, 0.5) is 11.4 Å². The summed E-state index contributed by atoms with van der Waals surface area (Å²) >= 11 is 0. The standard InChI is InChI=1S/C17H14N2O4/c20-16-11-10-15(23-16)17(12-4-2-1-3-5-12)18-13-6-8-14(9-7-13)19(21)22/h1-11,15,17-18H/t15-,17+/m0/s1. The first-order valence-electron chi connectivity index (χ1n) is 7.08. The molecule has 0 unspecified atom stereocenters. The van der Waals surface area contributed by atoms with Crippen molar-refractivity contribution in [3.63, 3.8) is 0 Å². The van der Waals surface area contributed by atoms with Crippen LogP contribution in [0.15, 0.2) is 66.7 Å². The van der Waals surface area contributed by atoms with E-state index in [4.69, 9.17) is 4.74 Å². The molecule has 6 nitrogen and oxygen atoms in total. The van der Waals surface area contributed by atoms with E-state index >= 15 is 0 Å². The fourth-order valence-corrected chi connectivity index (χ4v) is 2.44. The molecule has 1 aliphatic rings. The van der Waals surface area contributed by atoms with Crippen molar-refractivity contribution < 1.29 is 14.5 Å². The molecule has 0 amide bonds. The zero-order chi connectivity index (χ0) is 16.2. The van der Waals surface area contributed by atoms with Crippen molar-refractivity contribution in [3.8, 4) is 0 Å². The molecule has 0 spiro atoms. The zero-order valence-electron chi connectivity index (χ0n) is 12.1. The highest BCUT2D eigenvalue weighted by Crippen LogP contribution is 2.28. The first-order valence-corrected chi connectivity index (χ1v) is 7.08. The number of anilines is 1. The molecule has 0 bridgehead atoms. The minimum absolute atomic E-state index is 0.0269. The topological polar surface area (TPSA) is 81.5 Å². The lowest BCUT2D eigenvalue weighted by Crippen LogP contribution is -2.25. The number of nitrogens with one attached hydrogen (secondary N) is 1. The Labute approximate surface area is 132 Å². The second kappa shape index (κ2) is 6.31. The second-order valence-electron chi connectivity index (χ2n) is 5.10. The van der Waals surface area contributed by atoms with Gasteiger partial charge in [0.05, 0.1) is 11.0 Å². The molecule has 0 aromatic heterocycles. The smallest absolute Gasteiger partial charge is 0.331 e.